The molecule has 1 saturated heterocycles. The summed E-state index contributed by atoms with van der Waals surface area (Å²) in [5, 5.41) is 10.4. The van der Waals surface area contributed by atoms with E-state index >= 15 is 0 Å². The molecule has 3 rings (SSSR count). The van der Waals surface area contributed by atoms with Gasteiger partial charge < -0.3 is 9.84 Å². The monoisotopic (exact) mass is 264 g/mol. The number of esters is 1. The second-order valence-electron chi connectivity index (χ2n) is 6.44. The number of aliphatic hydroxyl groups is 1. The first-order valence-electron chi connectivity index (χ1n) is 6.98. The third kappa shape index (κ3) is 1.55. The number of carbonyl (C=O) groups is 2. The van der Waals surface area contributed by atoms with Gasteiger partial charge in [0.1, 0.15) is 11.9 Å². The van der Waals surface area contributed by atoms with Crippen molar-refractivity contribution in [2.24, 2.45) is 17.3 Å². The summed E-state index contributed by atoms with van der Waals surface area (Å²) in [5.74, 6) is -0.573. The summed E-state index contributed by atoms with van der Waals surface area (Å²) < 4.78 is 5.49. The predicted octanol–water partition coefficient (Wildman–Crippen LogP) is 1.61. The third-order valence-electron chi connectivity index (χ3n) is 5.28. The smallest absolute Gasteiger partial charge is 0.309 e. The van der Waals surface area contributed by atoms with E-state index in [1.54, 1.807) is 6.92 Å². The zero-order chi connectivity index (χ0) is 13.9. The minimum absolute atomic E-state index is 0.168. The Bertz CT molecular complexity index is 492. The van der Waals surface area contributed by atoms with Gasteiger partial charge in [-0.2, -0.15) is 0 Å². The Labute approximate surface area is 112 Å². The molecule has 4 unspecified atom stereocenters. The second-order valence-corrected chi connectivity index (χ2v) is 6.44. The average molecular weight is 264 g/mol. The van der Waals surface area contributed by atoms with Gasteiger partial charge in [-0.1, -0.05) is 12.5 Å². The van der Waals surface area contributed by atoms with Gasteiger partial charge in [0.15, 0.2) is 0 Å². The van der Waals surface area contributed by atoms with E-state index in [9.17, 15) is 14.7 Å². The molecule has 0 bridgehead atoms. The van der Waals surface area contributed by atoms with Crippen molar-refractivity contribution in [2.45, 2.75) is 52.2 Å². The minimum atomic E-state index is -0.646. The molecule has 2 fully saturated rings. The summed E-state index contributed by atoms with van der Waals surface area (Å²) in [5.41, 5.74) is 1.48. The van der Waals surface area contributed by atoms with Crippen LogP contribution in [0.5, 0.6) is 0 Å². The van der Waals surface area contributed by atoms with Crippen LogP contribution in [0, 0.1) is 17.3 Å². The van der Waals surface area contributed by atoms with Gasteiger partial charge in [0, 0.05) is 12.3 Å². The number of rotatable bonds is 0. The van der Waals surface area contributed by atoms with Gasteiger partial charge in [-0.05, 0) is 32.3 Å². The Morgan fingerprint density at radius 1 is 1.32 bits per heavy atom. The second kappa shape index (κ2) is 3.92. The van der Waals surface area contributed by atoms with Gasteiger partial charge in [0.2, 0.25) is 0 Å². The lowest BCUT2D eigenvalue weighted by Crippen LogP contribution is -2.51. The van der Waals surface area contributed by atoms with E-state index in [4.69, 9.17) is 4.74 Å². The summed E-state index contributed by atoms with van der Waals surface area (Å²) >= 11 is 0. The molecule has 0 aromatic carbocycles. The topological polar surface area (TPSA) is 63.6 Å². The number of ketones is 1. The zero-order valence-electron chi connectivity index (χ0n) is 11.6. The van der Waals surface area contributed by atoms with Crippen LogP contribution in [0.15, 0.2) is 11.1 Å². The number of allylic oxidation sites excluding steroid dienone is 1. The Morgan fingerprint density at radius 2 is 2.00 bits per heavy atom. The highest BCUT2D eigenvalue weighted by Gasteiger charge is 2.59. The molecule has 1 aliphatic heterocycles. The van der Waals surface area contributed by atoms with Crippen molar-refractivity contribution in [3.05, 3.63) is 11.1 Å². The first kappa shape index (κ1) is 12.9. The van der Waals surface area contributed by atoms with E-state index in [0.717, 1.165) is 17.6 Å². The number of Topliss-reactive ketones (excluding diaryl/α,β-unsaturated/α-hetero) is 1. The van der Waals surface area contributed by atoms with Crippen LogP contribution >= 0.6 is 0 Å². The first-order valence-corrected chi connectivity index (χ1v) is 6.98. The van der Waals surface area contributed by atoms with Crippen LogP contribution in [0.1, 0.15) is 40.0 Å². The maximum atomic E-state index is 12.3. The molecular weight excluding hydrogens is 244 g/mol. The maximum absolute atomic E-state index is 12.3. The van der Waals surface area contributed by atoms with Crippen molar-refractivity contribution < 1.29 is 19.4 Å². The van der Waals surface area contributed by atoms with Crippen molar-refractivity contribution in [1.29, 1.82) is 0 Å². The molecule has 19 heavy (non-hydrogen) atoms. The third-order valence-corrected chi connectivity index (χ3v) is 5.28. The van der Waals surface area contributed by atoms with E-state index in [0.29, 0.717) is 12.8 Å². The molecule has 0 amide bonds. The minimum Gasteiger partial charge on any atom is -0.457 e. The van der Waals surface area contributed by atoms with Gasteiger partial charge in [0.05, 0.1) is 17.4 Å². The summed E-state index contributed by atoms with van der Waals surface area (Å²) in [6.45, 7) is 5.72. The fourth-order valence-corrected chi connectivity index (χ4v) is 4.18. The Hall–Kier alpha value is -1.16. The Kier molecular flexibility index (Phi) is 2.65. The van der Waals surface area contributed by atoms with Crippen LogP contribution in [-0.4, -0.2) is 29.1 Å². The molecule has 0 aromatic heterocycles. The molecule has 1 saturated carbocycles. The Morgan fingerprint density at radius 3 is 2.68 bits per heavy atom. The van der Waals surface area contributed by atoms with Gasteiger partial charge in [-0.15, -0.1) is 0 Å². The summed E-state index contributed by atoms with van der Waals surface area (Å²) in [6.07, 6.45) is 0.644. The molecule has 0 aromatic rings. The zero-order valence-corrected chi connectivity index (χ0v) is 11.6. The lowest BCUT2D eigenvalue weighted by molar-refractivity contribution is -0.145. The quantitative estimate of drug-likeness (QED) is 0.533. The molecule has 4 nitrogen and oxygen atoms in total. The molecule has 1 N–H and O–H groups in total. The van der Waals surface area contributed by atoms with Crippen LogP contribution in [0.2, 0.25) is 0 Å². The lowest BCUT2D eigenvalue weighted by Gasteiger charge is -2.46. The van der Waals surface area contributed by atoms with Gasteiger partial charge >= 0.3 is 5.97 Å². The fourth-order valence-electron chi connectivity index (χ4n) is 4.18. The largest absolute Gasteiger partial charge is 0.457 e. The summed E-state index contributed by atoms with van der Waals surface area (Å²) in [7, 11) is 0. The van der Waals surface area contributed by atoms with Crippen molar-refractivity contribution in [3.63, 3.8) is 0 Å². The van der Waals surface area contributed by atoms with Crippen LogP contribution in [0.4, 0.5) is 0 Å². The van der Waals surface area contributed by atoms with Crippen LogP contribution in [-0.2, 0) is 14.3 Å². The molecule has 1 heterocycles. The molecular formula is C15H20O4. The number of fused-ring (bicyclic) bond motifs is 3. The van der Waals surface area contributed by atoms with E-state index in [1.807, 2.05) is 13.8 Å². The highest BCUT2D eigenvalue weighted by atomic mass is 16.6. The first-order chi connectivity index (χ1) is 8.86. The standard InChI is InChI=1S/C15H20O4/c1-7-4-5-10(17)15(3)6-9(16)11-8(2)14(18)19-13(11)12(7)15/h8-9,11,13,16H,4-6H2,1-3H3/t8?,9?,11?,13?,15-/m0/s1. The molecule has 4 heteroatoms. The normalized spacial score (nSPS) is 45.9. The van der Waals surface area contributed by atoms with E-state index < -0.39 is 17.6 Å². The van der Waals surface area contributed by atoms with E-state index in [2.05, 4.69) is 0 Å². The molecule has 3 aliphatic rings. The molecule has 5 atom stereocenters. The Balaban J connectivity index is 2.12. The maximum Gasteiger partial charge on any atom is 0.309 e. The number of carbonyl (C=O) groups excluding carboxylic acids is 2. The van der Waals surface area contributed by atoms with Gasteiger partial charge in [0.25, 0.3) is 0 Å². The number of hydrogen-bond acceptors (Lipinski definition) is 4. The van der Waals surface area contributed by atoms with Gasteiger partial charge in [-0.25, -0.2) is 0 Å². The van der Waals surface area contributed by atoms with Crippen molar-refractivity contribution in [1.82, 2.24) is 0 Å². The van der Waals surface area contributed by atoms with Crippen LogP contribution < -0.4 is 0 Å². The summed E-state index contributed by atoms with van der Waals surface area (Å²) in [4.78, 5) is 24.1. The van der Waals surface area contributed by atoms with E-state index in [1.165, 1.54) is 0 Å². The molecule has 0 spiro atoms. The van der Waals surface area contributed by atoms with Gasteiger partial charge in [-0.3, -0.25) is 9.59 Å². The fraction of sp³-hybridized carbons (Fsp3) is 0.733. The molecule has 2 aliphatic carbocycles. The number of aliphatic hydroxyl groups excluding tert-OH is 1. The lowest BCUT2D eigenvalue weighted by atomic mass is 9.58. The van der Waals surface area contributed by atoms with E-state index in [-0.39, 0.29) is 23.6 Å². The SMILES string of the molecule is CC1=C2C3OC(=O)C(C)C3C(O)C[C@@]2(C)C(=O)CC1. The highest BCUT2D eigenvalue weighted by Crippen LogP contribution is 2.54. The van der Waals surface area contributed by atoms with Crippen molar-refractivity contribution >= 4 is 11.8 Å². The number of hydrogen-bond donors (Lipinski definition) is 1. The van der Waals surface area contributed by atoms with Crippen LogP contribution in [0.25, 0.3) is 0 Å². The van der Waals surface area contributed by atoms with Crippen molar-refractivity contribution in [3.8, 4) is 0 Å². The summed E-state index contributed by atoms with van der Waals surface area (Å²) in [6, 6.07) is 0. The number of ether oxygens (including phenoxy) is 1. The van der Waals surface area contributed by atoms with Crippen LogP contribution in [0.3, 0.4) is 0 Å². The molecule has 104 valence electrons. The molecule has 0 radical (unpaired) electrons. The predicted molar refractivity (Wildman–Crippen MR) is 68.2 cm³/mol. The highest BCUT2D eigenvalue weighted by molar-refractivity contribution is 5.90. The average Bonchev–Trinajstić information content (AvgIpc) is 2.61. The van der Waals surface area contributed by atoms with Crippen molar-refractivity contribution in [2.75, 3.05) is 0 Å².